The summed E-state index contributed by atoms with van der Waals surface area (Å²) in [6, 6.07) is 15.1. The molecule has 1 aliphatic heterocycles. The minimum absolute atomic E-state index is 0.0317. The minimum Gasteiger partial charge on any atom is -0.482 e. The molecule has 0 bridgehead atoms. The predicted molar refractivity (Wildman–Crippen MR) is 82.6 cm³/mol. The molecule has 0 atom stereocenters. The molecule has 0 spiro atoms. The molecule has 2 N–H and O–H groups in total. The average molecular weight is 296 g/mol. The van der Waals surface area contributed by atoms with Crippen LogP contribution >= 0.6 is 0 Å². The van der Waals surface area contributed by atoms with Crippen LogP contribution in [0.2, 0.25) is 0 Å². The third-order valence-electron chi connectivity index (χ3n) is 3.37. The van der Waals surface area contributed by atoms with E-state index in [1.165, 1.54) is 0 Å². The molecule has 0 saturated heterocycles. The van der Waals surface area contributed by atoms with Crippen LogP contribution in [0.1, 0.15) is 11.1 Å². The lowest BCUT2D eigenvalue weighted by Gasteiger charge is -2.18. The monoisotopic (exact) mass is 296 g/mol. The number of hydrogen-bond acceptors (Lipinski definition) is 3. The Labute approximate surface area is 128 Å². The summed E-state index contributed by atoms with van der Waals surface area (Å²) in [7, 11) is 0. The van der Waals surface area contributed by atoms with Crippen molar-refractivity contribution in [2.45, 2.75) is 13.0 Å². The van der Waals surface area contributed by atoms with Crippen LogP contribution in [-0.4, -0.2) is 18.4 Å². The molecule has 2 aromatic carbocycles. The van der Waals surface area contributed by atoms with Crippen LogP contribution in [-0.2, 0) is 22.6 Å². The van der Waals surface area contributed by atoms with Gasteiger partial charge in [0.15, 0.2) is 6.61 Å². The highest BCUT2D eigenvalue weighted by molar-refractivity contribution is 5.95. The van der Waals surface area contributed by atoms with Gasteiger partial charge in [-0.05, 0) is 23.3 Å². The maximum absolute atomic E-state index is 12.0. The quantitative estimate of drug-likeness (QED) is 0.905. The van der Waals surface area contributed by atoms with Crippen molar-refractivity contribution in [2.75, 3.05) is 11.9 Å². The molecule has 0 saturated carbocycles. The second-order valence-corrected chi connectivity index (χ2v) is 5.11. The van der Waals surface area contributed by atoms with Crippen molar-refractivity contribution in [3.05, 3.63) is 59.7 Å². The van der Waals surface area contributed by atoms with Gasteiger partial charge in [-0.3, -0.25) is 9.59 Å². The first kappa shape index (κ1) is 14.1. The van der Waals surface area contributed by atoms with E-state index >= 15 is 0 Å². The summed E-state index contributed by atoms with van der Waals surface area (Å²) >= 11 is 0. The van der Waals surface area contributed by atoms with Gasteiger partial charge in [0.05, 0.1) is 12.1 Å². The van der Waals surface area contributed by atoms with Crippen LogP contribution in [0.25, 0.3) is 0 Å². The van der Waals surface area contributed by atoms with Gasteiger partial charge >= 0.3 is 0 Å². The van der Waals surface area contributed by atoms with Crippen LogP contribution < -0.4 is 15.4 Å². The lowest BCUT2D eigenvalue weighted by atomic mass is 10.1. The van der Waals surface area contributed by atoms with Crippen molar-refractivity contribution >= 4 is 17.5 Å². The minimum atomic E-state index is -0.182. The number of carbonyl (C=O) groups excluding carboxylic acids is 2. The van der Waals surface area contributed by atoms with Crippen LogP contribution in [0, 0.1) is 0 Å². The number of carbonyl (C=O) groups is 2. The third kappa shape index (κ3) is 3.44. The molecule has 5 heteroatoms. The van der Waals surface area contributed by atoms with E-state index in [2.05, 4.69) is 10.6 Å². The molecule has 1 aliphatic rings. The summed E-state index contributed by atoms with van der Waals surface area (Å²) in [5, 5.41) is 5.61. The van der Waals surface area contributed by atoms with E-state index in [9.17, 15) is 9.59 Å². The van der Waals surface area contributed by atoms with E-state index in [4.69, 9.17) is 4.74 Å². The van der Waals surface area contributed by atoms with Gasteiger partial charge in [0.2, 0.25) is 5.91 Å². The number of benzene rings is 2. The first-order valence-corrected chi connectivity index (χ1v) is 7.07. The number of fused-ring (bicyclic) bond motifs is 1. The highest BCUT2D eigenvalue weighted by Gasteiger charge is 2.16. The van der Waals surface area contributed by atoms with Crippen LogP contribution in [0.15, 0.2) is 48.5 Å². The van der Waals surface area contributed by atoms with Gasteiger partial charge in [0.25, 0.3) is 5.91 Å². The van der Waals surface area contributed by atoms with Crippen molar-refractivity contribution in [1.29, 1.82) is 0 Å². The predicted octanol–water partition coefficient (Wildman–Crippen LogP) is 1.88. The summed E-state index contributed by atoms with van der Waals surface area (Å²) in [5.74, 6) is 0.387. The van der Waals surface area contributed by atoms with E-state index < -0.39 is 0 Å². The first-order chi connectivity index (χ1) is 10.7. The highest BCUT2D eigenvalue weighted by Crippen LogP contribution is 2.28. The Kier molecular flexibility index (Phi) is 4.05. The molecule has 1 heterocycles. The van der Waals surface area contributed by atoms with Crippen molar-refractivity contribution in [3.8, 4) is 5.75 Å². The van der Waals surface area contributed by atoms with Gasteiger partial charge in [-0.25, -0.2) is 0 Å². The molecule has 112 valence electrons. The topological polar surface area (TPSA) is 67.4 Å². The largest absolute Gasteiger partial charge is 0.482 e. The molecule has 0 unspecified atom stereocenters. The van der Waals surface area contributed by atoms with Crippen LogP contribution in [0.4, 0.5) is 5.69 Å². The smallest absolute Gasteiger partial charge is 0.262 e. The van der Waals surface area contributed by atoms with Gasteiger partial charge in [-0.2, -0.15) is 0 Å². The van der Waals surface area contributed by atoms with Crippen molar-refractivity contribution < 1.29 is 14.3 Å². The number of nitrogens with one attached hydrogen (secondary N) is 2. The van der Waals surface area contributed by atoms with Crippen LogP contribution in [0.3, 0.4) is 0 Å². The van der Waals surface area contributed by atoms with E-state index in [1.54, 1.807) is 12.1 Å². The van der Waals surface area contributed by atoms with E-state index in [-0.39, 0.29) is 24.8 Å². The Balaban J connectivity index is 1.60. The third-order valence-corrected chi connectivity index (χ3v) is 3.37. The second kappa shape index (κ2) is 6.30. The van der Waals surface area contributed by atoms with Gasteiger partial charge in [0.1, 0.15) is 5.75 Å². The molecule has 0 aromatic heterocycles. The Morgan fingerprint density at radius 1 is 1.14 bits per heavy atom. The summed E-state index contributed by atoms with van der Waals surface area (Å²) in [6.07, 6.45) is 0.260. The van der Waals surface area contributed by atoms with Gasteiger partial charge in [0, 0.05) is 6.54 Å². The fourth-order valence-electron chi connectivity index (χ4n) is 2.28. The number of anilines is 1. The first-order valence-electron chi connectivity index (χ1n) is 7.07. The zero-order valence-electron chi connectivity index (χ0n) is 12.0. The molecule has 2 aromatic rings. The Hall–Kier alpha value is -2.82. The van der Waals surface area contributed by atoms with E-state index in [0.29, 0.717) is 18.0 Å². The van der Waals surface area contributed by atoms with E-state index in [0.717, 1.165) is 11.1 Å². The Morgan fingerprint density at radius 2 is 1.95 bits per heavy atom. The summed E-state index contributed by atoms with van der Waals surface area (Å²) in [6.45, 7) is 0.536. The fraction of sp³-hybridized carbons (Fsp3) is 0.176. The van der Waals surface area contributed by atoms with Gasteiger partial charge < -0.3 is 15.4 Å². The summed E-state index contributed by atoms with van der Waals surface area (Å²) in [5.41, 5.74) is 2.50. The standard InChI is InChI=1S/C17H16N2O3/c20-16(18-10-12-4-2-1-3-5-12)9-13-6-7-15-14(8-13)19-17(21)11-22-15/h1-8H,9-11H2,(H,18,20)(H,19,21). The number of hydrogen-bond donors (Lipinski definition) is 2. The zero-order chi connectivity index (χ0) is 15.4. The molecule has 0 radical (unpaired) electrons. The lowest BCUT2D eigenvalue weighted by molar-refractivity contribution is -0.120. The molecule has 2 amide bonds. The summed E-state index contributed by atoms with van der Waals surface area (Å²) in [4.78, 5) is 23.3. The molecular weight excluding hydrogens is 280 g/mol. The number of amides is 2. The van der Waals surface area contributed by atoms with Crippen molar-refractivity contribution in [2.24, 2.45) is 0 Å². The SMILES string of the molecule is O=C(Cc1ccc2c(c1)NC(=O)CO2)NCc1ccccc1. The fourth-order valence-corrected chi connectivity index (χ4v) is 2.28. The lowest BCUT2D eigenvalue weighted by Crippen LogP contribution is -2.26. The maximum atomic E-state index is 12.0. The molecule has 22 heavy (non-hydrogen) atoms. The van der Waals surface area contributed by atoms with Gasteiger partial charge in [-0.15, -0.1) is 0 Å². The molecule has 3 rings (SSSR count). The number of rotatable bonds is 4. The molecular formula is C17H16N2O3. The average Bonchev–Trinajstić information content (AvgIpc) is 2.53. The molecule has 5 nitrogen and oxygen atoms in total. The maximum Gasteiger partial charge on any atom is 0.262 e. The van der Waals surface area contributed by atoms with Gasteiger partial charge in [-0.1, -0.05) is 36.4 Å². The Bertz CT molecular complexity index is 698. The highest BCUT2D eigenvalue weighted by atomic mass is 16.5. The zero-order valence-corrected chi connectivity index (χ0v) is 12.0. The molecule has 0 fully saturated rings. The van der Waals surface area contributed by atoms with E-state index in [1.807, 2.05) is 36.4 Å². The Morgan fingerprint density at radius 3 is 2.77 bits per heavy atom. The normalized spacial score (nSPS) is 12.8. The molecule has 0 aliphatic carbocycles. The number of ether oxygens (including phenoxy) is 1. The second-order valence-electron chi connectivity index (χ2n) is 5.11. The van der Waals surface area contributed by atoms with Crippen molar-refractivity contribution in [1.82, 2.24) is 5.32 Å². The summed E-state index contributed by atoms with van der Waals surface area (Å²) < 4.78 is 5.29. The van der Waals surface area contributed by atoms with Crippen molar-refractivity contribution in [3.63, 3.8) is 0 Å². The van der Waals surface area contributed by atoms with Crippen LogP contribution in [0.5, 0.6) is 5.75 Å².